The van der Waals surface area contributed by atoms with Crippen molar-refractivity contribution in [3.63, 3.8) is 0 Å². The standard InChI is InChI=1S/C10H12FNO2/c1-13-12-6-8-4-7-2-3-14-10(7)5-9(8)11/h4-5,12H,2-3,6H2,1H3. The van der Waals surface area contributed by atoms with E-state index in [9.17, 15) is 4.39 Å². The fourth-order valence-corrected chi connectivity index (χ4v) is 1.54. The van der Waals surface area contributed by atoms with Gasteiger partial charge in [-0.25, -0.2) is 4.39 Å². The molecule has 0 aromatic heterocycles. The molecule has 0 fully saturated rings. The van der Waals surface area contributed by atoms with Crippen molar-refractivity contribution >= 4 is 0 Å². The maximum absolute atomic E-state index is 13.4. The van der Waals surface area contributed by atoms with Crippen LogP contribution in [0.1, 0.15) is 11.1 Å². The molecule has 1 N–H and O–H groups in total. The second-order valence-corrected chi connectivity index (χ2v) is 3.18. The first-order valence-electron chi connectivity index (χ1n) is 4.51. The number of nitrogens with one attached hydrogen (secondary N) is 1. The van der Waals surface area contributed by atoms with Gasteiger partial charge in [-0.1, -0.05) is 0 Å². The number of fused-ring (bicyclic) bond motifs is 1. The highest BCUT2D eigenvalue weighted by atomic mass is 19.1. The Morgan fingerprint density at radius 3 is 3.21 bits per heavy atom. The molecular formula is C10H12FNO2. The van der Waals surface area contributed by atoms with Gasteiger partial charge in [-0.2, -0.15) is 5.48 Å². The molecule has 0 saturated carbocycles. The van der Waals surface area contributed by atoms with E-state index in [1.165, 1.54) is 13.2 Å². The van der Waals surface area contributed by atoms with E-state index < -0.39 is 0 Å². The van der Waals surface area contributed by atoms with Gasteiger partial charge in [0.15, 0.2) is 0 Å². The molecule has 1 aliphatic rings. The fraction of sp³-hybridized carbons (Fsp3) is 0.400. The lowest BCUT2D eigenvalue weighted by atomic mass is 10.1. The fourth-order valence-electron chi connectivity index (χ4n) is 1.54. The Kier molecular flexibility index (Phi) is 2.65. The van der Waals surface area contributed by atoms with Crippen LogP contribution in [0.4, 0.5) is 4.39 Å². The monoisotopic (exact) mass is 197 g/mol. The number of rotatable bonds is 3. The zero-order valence-electron chi connectivity index (χ0n) is 7.97. The van der Waals surface area contributed by atoms with E-state index in [-0.39, 0.29) is 5.82 Å². The van der Waals surface area contributed by atoms with Crippen LogP contribution in [-0.4, -0.2) is 13.7 Å². The zero-order valence-corrected chi connectivity index (χ0v) is 7.97. The Hall–Kier alpha value is -1.13. The molecule has 14 heavy (non-hydrogen) atoms. The van der Waals surface area contributed by atoms with Crippen LogP contribution in [0.2, 0.25) is 0 Å². The summed E-state index contributed by atoms with van der Waals surface area (Å²) in [4.78, 5) is 4.67. The van der Waals surface area contributed by atoms with Gasteiger partial charge in [0.2, 0.25) is 0 Å². The highest BCUT2D eigenvalue weighted by Gasteiger charge is 2.15. The number of ether oxygens (including phenoxy) is 1. The summed E-state index contributed by atoms with van der Waals surface area (Å²) in [6.07, 6.45) is 0.857. The van der Waals surface area contributed by atoms with Crippen molar-refractivity contribution in [2.45, 2.75) is 13.0 Å². The molecule has 0 atom stereocenters. The lowest BCUT2D eigenvalue weighted by Gasteiger charge is -2.06. The van der Waals surface area contributed by atoms with Crippen LogP contribution in [0.15, 0.2) is 12.1 Å². The third kappa shape index (κ3) is 1.71. The summed E-state index contributed by atoms with van der Waals surface area (Å²) < 4.78 is 18.6. The highest BCUT2D eigenvalue weighted by molar-refractivity contribution is 5.40. The van der Waals surface area contributed by atoms with Crippen LogP contribution in [0.5, 0.6) is 5.75 Å². The minimum Gasteiger partial charge on any atom is -0.493 e. The first-order chi connectivity index (χ1) is 6.81. The molecule has 3 nitrogen and oxygen atoms in total. The SMILES string of the molecule is CONCc1cc2c(cc1F)OCC2. The summed E-state index contributed by atoms with van der Waals surface area (Å²) >= 11 is 0. The predicted octanol–water partition coefficient (Wildman–Crippen LogP) is 1.41. The average molecular weight is 197 g/mol. The Morgan fingerprint density at radius 1 is 1.57 bits per heavy atom. The van der Waals surface area contributed by atoms with Gasteiger partial charge >= 0.3 is 0 Å². The van der Waals surface area contributed by atoms with Crippen molar-refractivity contribution in [3.05, 3.63) is 29.1 Å². The van der Waals surface area contributed by atoms with Crippen LogP contribution in [0.25, 0.3) is 0 Å². The molecule has 1 aromatic rings. The molecule has 0 radical (unpaired) electrons. The number of hydroxylamine groups is 1. The van der Waals surface area contributed by atoms with E-state index >= 15 is 0 Å². The molecule has 1 heterocycles. The highest BCUT2D eigenvalue weighted by Crippen LogP contribution is 2.27. The third-order valence-corrected chi connectivity index (χ3v) is 2.27. The van der Waals surface area contributed by atoms with Gasteiger partial charge in [0.25, 0.3) is 0 Å². The van der Waals surface area contributed by atoms with E-state index in [1.54, 1.807) is 0 Å². The number of halogens is 1. The molecule has 0 amide bonds. The van der Waals surface area contributed by atoms with E-state index in [0.717, 1.165) is 12.0 Å². The third-order valence-electron chi connectivity index (χ3n) is 2.27. The molecule has 0 saturated heterocycles. The average Bonchev–Trinajstić information content (AvgIpc) is 2.61. The maximum Gasteiger partial charge on any atom is 0.131 e. The normalized spacial score (nSPS) is 13.9. The molecule has 1 aromatic carbocycles. The Morgan fingerprint density at radius 2 is 2.43 bits per heavy atom. The summed E-state index contributed by atoms with van der Waals surface area (Å²) in [5, 5.41) is 0. The van der Waals surface area contributed by atoms with E-state index in [1.807, 2.05) is 6.07 Å². The van der Waals surface area contributed by atoms with Gasteiger partial charge in [0.05, 0.1) is 13.7 Å². The molecule has 4 heteroatoms. The Labute approximate surface area is 81.8 Å². The summed E-state index contributed by atoms with van der Waals surface area (Å²) in [7, 11) is 1.51. The Bertz CT molecular complexity index is 341. The van der Waals surface area contributed by atoms with Crippen molar-refractivity contribution in [2.75, 3.05) is 13.7 Å². The maximum atomic E-state index is 13.4. The first kappa shape index (κ1) is 9.43. The second-order valence-electron chi connectivity index (χ2n) is 3.18. The molecule has 0 spiro atoms. The van der Waals surface area contributed by atoms with Crippen LogP contribution in [0, 0.1) is 5.82 Å². The molecule has 0 aliphatic carbocycles. The van der Waals surface area contributed by atoms with Gasteiger partial charge in [-0.05, 0) is 11.6 Å². The zero-order chi connectivity index (χ0) is 9.97. The van der Waals surface area contributed by atoms with E-state index in [2.05, 4.69) is 10.3 Å². The minimum absolute atomic E-state index is 0.254. The van der Waals surface area contributed by atoms with Gasteiger partial charge < -0.3 is 9.57 Å². The molecule has 2 rings (SSSR count). The lowest BCUT2D eigenvalue weighted by molar-refractivity contribution is 0.0859. The molecule has 0 bridgehead atoms. The summed E-state index contributed by atoms with van der Waals surface area (Å²) in [5.41, 5.74) is 4.29. The number of hydrogen-bond donors (Lipinski definition) is 1. The molecule has 0 unspecified atom stereocenters. The smallest absolute Gasteiger partial charge is 0.131 e. The van der Waals surface area contributed by atoms with Crippen molar-refractivity contribution < 1.29 is 14.0 Å². The van der Waals surface area contributed by atoms with Gasteiger partial charge in [0, 0.05) is 24.6 Å². The largest absolute Gasteiger partial charge is 0.493 e. The summed E-state index contributed by atoms with van der Waals surface area (Å²) in [5.74, 6) is 0.416. The minimum atomic E-state index is -0.254. The Balaban J connectivity index is 2.23. The van der Waals surface area contributed by atoms with Gasteiger partial charge in [-0.15, -0.1) is 0 Å². The van der Waals surface area contributed by atoms with Gasteiger partial charge in [0.1, 0.15) is 11.6 Å². The van der Waals surface area contributed by atoms with Crippen molar-refractivity contribution in [1.29, 1.82) is 0 Å². The first-order valence-corrected chi connectivity index (χ1v) is 4.51. The van der Waals surface area contributed by atoms with E-state index in [0.29, 0.717) is 24.5 Å². The van der Waals surface area contributed by atoms with Crippen molar-refractivity contribution in [3.8, 4) is 5.75 Å². The molecular weight excluding hydrogens is 185 g/mol. The van der Waals surface area contributed by atoms with Crippen LogP contribution >= 0.6 is 0 Å². The van der Waals surface area contributed by atoms with E-state index in [4.69, 9.17) is 4.74 Å². The van der Waals surface area contributed by atoms with Crippen molar-refractivity contribution in [2.24, 2.45) is 0 Å². The van der Waals surface area contributed by atoms with Crippen LogP contribution < -0.4 is 10.2 Å². The van der Waals surface area contributed by atoms with Crippen LogP contribution in [0.3, 0.4) is 0 Å². The van der Waals surface area contributed by atoms with Crippen LogP contribution in [-0.2, 0) is 17.8 Å². The molecule has 1 aliphatic heterocycles. The summed E-state index contributed by atoms with van der Waals surface area (Å²) in [6, 6.07) is 3.26. The molecule has 76 valence electrons. The number of hydrogen-bond acceptors (Lipinski definition) is 3. The second kappa shape index (κ2) is 3.94. The predicted molar refractivity (Wildman–Crippen MR) is 49.4 cm³/mol. The quantitative estimate of drug-likeness (QED) is 0.743. The topological polar surface area (TPSA) is 30.5 Å². The summed E-state index contributed by atoms with van der Waals surface area (Å²) in [6.45, 7) is 1.02. The van der Waals surface area contributed by atoms with Crippen molar-refractivity contribution in [1.82, 2.24) is 5.48 Å². The van der Waals surface area contributed by atoms with Gasteiger partial charge in [-0.3, -0.25) is 0 Å². The number of benzene rings is 1. The lowest BCUT2D eigenvalue weighted by Crippen LogP contribution is -2.12.